The molecule has 1 N–H and O–H groups in total. The van der Waals surface area contributed by atoms with Gasteiger partial charge in [0.05, 0.1) is 25.7 Å². The molecular formula is C6H13O3P. The topological polar surface area (TPSA) is 38.7 Å². The van der Waals surface area contributed by atoms with Crippen LogP contribution < -0.4 is 0 Å². The minimum absolute atomic E-state index is 0.0182. The number of rotatable bonds is 1. The highest BCUT2D eigenvalue weighted by Crippen LogP contribution is 2.20. The van der Waals surface area contributed by atoms with E-state index in [4.69, 9.17) is 14.6 Å². The van der Waals surface area contributed by atoms with E-state index >= 15 is 0 Å². The van der Waals surface area contributed by atoms with Crippen molar-refractivity contribution in [1.29, 1.82) is 0 Å². The van der Waals surface area contributed by atoms with Crippen LogP contribution in [0.15, 0.2) is 0 Å². The van der Waals surface area contributed by atoms with Gasteiger partial charge in [-0.25, -0.2) is 0 Å². The minimum Gasteiger partial charge on any atom is -0.393 e. The van der Waals surface area contributed by atoms with Crippen LogP contribution in [-0.2, 0) is 9.47 Å². The molecular weight excluding hydrogens is 151 g/mol. The van der Waals surface area contributed by atoms with E-state index in [0.29, 0.717) is 13.2 Å². The van der Waals surface area contributed by atoms with E-state index in [9.17, 15) is 0 Å². The molecule has 0 radical (unpaired) electrons. The van der Waals surface area contributed by atoms with Gasteiger partial charge in [0.2, 0.25) is 0 Å². The summed E-state index contributed by atoms with van der Waals surface area (Å²) in [5.41, 5.74) is -0.479. The summed E-state index contributed by atoms with van der Waals surface area (Å²) in [6.07, 6.45) is 0. The summed E-state index contributed by atoms with van der Waals surface area (Å²) in [4.78, 5) is 0. The fourth-order valence-corrected chi connectivity index (χ4v) is 0.940. The molecule has 0 aliphatic carbocycles. The molecule has 0 aromatic rings. The van der Waals surface area contributed by atoms with E-state index in [1.165, 1.54) is 0 Å². The van der Waals surface area contributed by atoms with Crippen LogP contribution in [0.5, 0.6) is 0 Å². The van der Waals surface area contributed by atoms with Gasteiger partial charge < -0.3 is 14.6 Å². The van der Waals surface area contributed by atoms with E-state index in [1.54, 1.807) is 0 Å². The van der Waals surface area contributed by atoms with Crippen LogP contribution in [-0.4, -0.2) is 36.4 Å². The molecule has 60 valence electrons. The maximum Gasteiger partial charge on any atom is 0.112 e. The molecule has 1 fully saturated rings. The van der Waals surface area contributed by atoms with Gasteiger partial charge in [0.1, 0.15) is 5.60 Å². The first-order chi connectivity index (χ1) is 4.66. The highest BCUT2D eigenvalue weighted by Gasteiger charge is 2.30. The molecule has 1 saturated heterocycles. The van der Waals surface area contributed by atoms with Gasteiger partial charge in [-0.2, -0.15) is 0 Å². The standard InChI is InChI=1S/C6H13O3P/c1-6(3-7)4-8-5(10)2-9-6/h5,7H,2-4,10H2,1H3. The lowest BCUT2D eigenvalue weighted by atomic mass is 10.1. The minimum atomic E-state index is -0.479. The summed E-state index contributed by atoms with van der Waals surface area (Å²) >= 11 is 0. The second-order valence-corrected chi connectivity index (χ2v) is 3.51. The Kier molecular flexibility index (Phi) is 2.64. The Morgan fingerprint density at radius 1 is 1.80 bits per heavy atom. The molecule has 1 aliphatic rings. The second-order valence-electron chi connectivity index (χ2n) is 2.77. The predicted molar refractivity (Wildman–Crippen MR) is 40.9 cm³/mol. The summed E-state index contributed by atoms with van der Waals surface area (Å²) in [5.74, 6) is 0.0830. The molecule has 1 rings (SSSR count). The van der Waals surface area contributed by atoms with E-state index in [-0.39, 0.29) is 12.5 Å². The van der Waals surface area contributed by atoms with Gasteiger partial charge in [0.25, 0.3) is 0 Å². The maximum atomic E-state index is 8.82. The lowest BCUT2D eigenvalue weighted by Crippen LogP contribution is -2.45. The van der Waals surface area contributed by atoms with Crippen molar-refractivity contribution in [2.75, 3.05) is 19.8 Å². The molecule has 0 spiro atoms. The van der Waals surface area contributed by atoms with Crippen molar-refractivity contribution in [3.05, 3.63) is 0 Å². The van der Waals surface area contributed by atoms with E-state index in [1.807, 2.05) is 6.92 Å². The van der Waals surface area contributed by atoms with Crippen molar-refractivity contribution in [3.8, 4) is 0 Å². The quantitative estimate of drug-likeness (QED) is 0.554. The summed E-state index contributed by atoms with van der Waals surface area (Å²) in [5, 5.41) is 8.82. The molecule has 0 aromatic carbocycles. The van der Waals surface area contributed by atoms with Gasteiger partial charge in [-0.15, -0.1) is 9.24 Å². The second kappa shape index (κ2) is 3.14. The zero-order valence-corrected chi connectivity index (χ0v) is 7.19. The summed E-state index contributed by atoms with van der Waals surface area (Å²) < 4.78 is 10.6. The molecule has 3 nitrogen and oxygen atoms in total. The molecule has 1 heterocycles. The smallest absolute Gasteiger partial charge is 0.112 e. The fraction of sp³-hybridized carbons (Fsp3) is 1.00. The van der Waals surface area contributed by atoms with E-state index in [0.717, 1.165) is 0 Å². The van der Waals surface area contributed by atoms with Crippen LogP contribution in [0.25, 0.3) is 0 Å². The Bertz CT molecular complexity index is 110. The molecule has 0 aromatic heterocycles. The van der Waals surface area contributed by atoms with Gasteiger partial charge in [0.15, 0.2) is 0 Å². The Morgan fingerprint density at radius 3 is 2.90 bits per heavy atom. The molecule has 0 bridgehead atoms. The number of aliphatic hydroxyl groups excluding tert-OH is 1. The largest absolute Gasteiger partial charge is 0.393 e. The summed E-state index contributed by atoms with van der Waals surface area (Å²) in [6, 6.07) is 0. The van der Waals surface area contributed by atoms with Gasteiger partial charge >= 0.3 is 0 Å². The number of hydrogen-bond acceptors (Lipinski definition) is 3. The molecule has 10 heavy (non-hydrogen) atoms. The molecule has 3 atom stereocenters. The monoisotopic (exact) mass is 164 g/mol. The third kappa shape index (κ3) is 1.89. The van der Waals surface area contributed by atoms with Crippen molar-refractivity contribution in [1.82, 2.24) is 0 Å². The first kappa shape index (κ1) is 8.41. The normalized spacial score (nSPS) is 41.7. The fourth-order valence-electron chi connectivity index (χ4n) is 0.748. The SMILES string of the molecule is CC1(CO)COC(P)CO1. The van der Waals surface area contributed by atoms with Crippen LogP contribution in [0.3, 0.4) is 0 Å². The zero-order chi connectivity index (χ0) is 7.61. The lowest BCUT2D eigenvalue weighted by molar-refractivity contribution is -0.174. The maximum absolute atomic E-state index is 8.82. The highest BCUT2D eigenvalue weighted by molar-refractivity contribution is 7.17. The Morgan fingerprint density at radius 2 is 2.50 bits per heavy atom. The zero-order valence-electron chi connectivity index (χ0n) is 6.04. The Balaban J connectivity index is 2.38. The predicted octanol–water partition coefficient (Wildman–Crippen LogP) is -0.0146. The van der Waals surface area contributed by atoms with E-state index < -0.39 is 5.60 Å². The Hall–Kier alpha value is 0.310. The first-order valence-electron chi connectivity index (χ1n) is 3.28. The average Bonchev–Trinajstić information content (AvgIpc) is 1.96. The average molecular weight is 164 g/mol. The molecule has 0 amide bonds. The van der Waals surface area contributed by atoms with Crippen LogP contribution >= 0.6 is 9.24 Å². The van der Waals surface area contributed by atoms with Gasteiger partial charge in [-0.05, 0) is 6.92 Å². The Labute approximate surface area is 62.9 Å². The molecule has 3 unspecified atom stereocenters. The van der Waals surface area contributed by atoms with Crippen LogP contribution in [0.2, 0.25) is 0 Å². The number of ether oxygens (including phenoxy) is 2. The van der Waals surface area contributed by atoms with Crippen LogP contribution in [0.4, 0.5) is 0 Å². The van der Waals surface area contributed by atoms with Gasteiger partial charge in [-0.1, -0.05) is 0 Å². The third-order valence-corrected chi connectivity index (χ3v) is 1.92. The van der Waals surface area contributed by atoms with Gasteiger partial charge in [0, 0.05) is 0 Å². The molecule has 1 aliphatic heterocycles. The third-order valence-electron chi connectivity index (χ3n) is 1.53. The van der Waals surface area contributed by atoms with Crippen molar-refractivity contribution in [2.45, 2.75) is 18.4 Å². The summed E-state index contributed by atoms with van der Waals surface area (Å²) in [7, 11) is 2.53. The van der Waals surface area contributed by atoms with Crippen LogP contribution in [0.1, 0.15) is 6.92 Å². The highest BCUT2D eigenvalue weighted by atomic mass is 31.0. The molecule has 4 heteroatoms. The summed E-state index contributed by atoms with van der Waals surface area (Å²) in [6.45, 7) is 2.87. The van der Waals surface area contributed by atoms with Crippen molar-refractivity contribution in [2.24, 2.45) is 0 Å². The van der Waals surface area contributed by atoms with Gasteiger partial charge in [-0.3, -0.25) is 0 Å². The van der Waals surface area contributed by atoms with Crippen molar-refractivity contribution in [3.63, 3.8) is 0 Å². The van der Waals surface area contributed by atoms with E-state index in [2.05, 4.69) is 9.24 Å². The van der Waals surface area contributed by atoms with Crippen LogP contribution in [0, 0.1) is 0 Å². The van der Waals surface area contributed by atoms with Crippen molar-refractivity contribution >= 4 is 9.24 Å². The van der Waals surface area contributed by atoms with Crippen molar-refractivity contribution < 1.29 is 14.6 Å². The first-order valence-corrected chi connectivity index (χ1v) is 3.95. The number of hydrogen-bond donors (Lipinski definition) is 1. The number of aliphatic hydroxyl groups is 1. The lowest BCUT2D eigenvalue weighted by Gasteiger charge is -2.34. The molecule has 0 saturated carbocycles.